The van der Waals surface area contributed by atoms with E-state index in [9.17, 15) is 9.59 Å². The second kappa shape index (κ2) is 7.47. The van der Waals surface area contributed by atoms with Crippen LogP contribution in [0.2, 0.25) is 0 Å². The number of aryl methyl sites for hydroxylation is 1. The van der Waals surface area contributed by atoms with E-state index in [1.165, 1.54) is 0 Å². The van der Waals surface area contributed by atoms with Gasteiger partial charge in [0.25, 0.3) is 5.91 Å². The highest BCUT2D eigenvalue weighted by molar-refractivity contribution is 6.05. The van der Waals surface area contributed by atoms with Crippen molar-refractivity contribution in [3.05, 3.63) is 47.5 Å². The van der Waals surface area contributed by atoms with E-state index in [0.717, 1.165) is 17.7 Å². The van der Waals surface area contributed by atoms with Gasteiger partial charge in [0.15, 0.2) is 0 Å². The van der Waals surface area contributed by atoms with Crippen LogP contribution in [-0.4, -0.2) is 32.6 Å². The summed E-state index contributed by atoms with van der Waals surface area (Å²) in [6.45, 7) is 2.60. The summed E-state index contributed by atoms with van der Waals surface area (Å²) >= 11 is 0. The van der Waals surface area contributed by atoms with Gasteiger partial charge in [-0.3, -0.25) is 9.59 Å². The SMILES string of the molecule is COc1cc(C(=O)Nc2ccc(N3CCCC3=O)c(OC)c2)ccc1C. The fourth-order valence-electron chi connectivity index (χ4n) is 3.05. The lowest BCUT2D eigenvalue weighted by atomic mass is 10.1. The average molecular weight is 354 g/mol. The molecule has 0 unspecified atom stereocenters. The molecule has 3 rings (SSSR count). The second-order valence-corrected chi connectivity index (χ2v) is 6.17. The van der Waals surface area contributed by atoms with Crippen LogP contribution >= 0.6 is 0 Å². The first kappa shape index (κ1) is 17.8. The molecule has 6 nitrogen and oxygen atoms in total. The van der Waals surface area contributed by atoms with Crippen LogP contribution in [0.4, 0.5) is 11.4 Å². The van der Waals surface area contributed by atoms with Crippen LogP contribution in [0.1, 0.15) is 28.8 Å². The fourth-order valence-corrected chi connectivity index (χ4v) is 3.05. The molecule has 136 valence electrons. The van der Waals surface area contributed by atoms with E-state index in [2.05, 4.69) is 5.32 Å². The van der Waals surface area contributed by atoms with Gasteiger partial charge < -0.3 is 19.7 Å². The highest BCUT2D eigenvalue weighted by Gasteiger charge is 2.24. The minimum atomic E-state index is -0.240. The Kier molecular flexibility index (Phi) is 5.11. The monoisotopic (exact) mass is 354 g/mol. The molecule has 0 saturated carbocycles. The zero-order valence-electron chi connectivity index (χ0n) is 15.2. The summed E-state index contributed by atoms with van der Waals surface area (Å²) in [5, 5.41) is 2.85. The number of nitrogens with zero attached hydrogens (tertiary/aromatic N) is 1. The summed E-state index contributed by atoms with van der Waals surface area (Å²) in [4.78, 5) is 26.2. The van der Waals surface area contributed by atoms with E-state index in [-0.39, 0.29) is 11.8 Å². The van der Waals surface area contributed by atoms with Gasteiger partial charge in [0.1, 0.15) is 11.5 Å². The number of amides is 2. The molecule has 0 aliphatic carbocycles. The van der Waals surface area contributed by atoms with Gasteiger partial charge in [-0.1, -0.05) is 6.07 Å². The number of methoxy groups -OCH3 is 2. The van der Waals surface area contributed by atoms with Crippen molar-refractivity contribution in [3.63, 3.8) is 0 Å². The number of nitrogens with one attached hydrogen (secondary N) is 1. The minimum Gasteiger partial charge on any atom is -0.496 e. The highest BCUT2D eigenvalue weighted by Crippen LogP contribution is 2.34. The molecule has 2 aromatic carbocycles. The van der Waals surface area contributed by atoms with Crippen molar-refractivity contribution in [2.75, 3.05) is 31.0 Å². The van der Waals surface area contributed by atoms with E-state index in [4.69, 9.17) is 9.47 Å². The molecular formula is C20H22N2O4. The van der Waals surface area contributed by atoms with Gasteiger partial charge in [0.2, 0.25) is 5.91 Å². The first-order chi connectivity index (χ1) is 12.5. The number of benzene rings is 2. The largest absolute Gasteiger partial charge is 0.496 e. The molecular weight excluding hydrogens is 332 g/mol. The van der Waals surface area contributed by atoms with Crippen LogP contribution in [0.3, 0.4) is 0 Å². The number of rotatable bonds is 5. The third kappa shape index (κ3) is 3.49. The predicted octanol–water partition coefficient (Wildman–Crippen LogP) is 3.39. The first-order valence-corrected chi connectivity index (χ1v) is 8.48. The van der Waals surface area contributed by atoms with Crippen molar-refractivity contribution in [1.29, 1.82) is 0 Å². The predicted molar refractivity (Wildman–Crippen MR) is 100 cm³/mol. The summed E-state index contributed by atoms with van der Waals surface area (Å²) in [5.41, 5.74) is 2.79. The number of ether oxygens (including phenoxy) is 2. The van der Waals surface area contributed by atoms with Crippen molar-refractivity contribution in [1.82, 2.24) is 0 Å². The zero-order valence-corrected chi connectivity index (χ0v) is 15.2. The van der Waals surface area contributed by atoms with E-state index in [1.807, 2.05) is 13.0 Å². The van der Waals surface area contributed by atoms with E-state index >= 15 is 0 Å². The summed E-state index contributed by atoms with van der Waals surface area (Å²) in [5.74, 6) is 1.07. The molecule has 26 heavy (non-hydrogen) atoms. The fraction of sp³-hybridized carbons (Fsp3) is 0.300. The van der Waals surface area contributed by atoms with Gasteiger partial charge in [0, 0.05) is 30.3 Å². The van der Waals surface area contributed by atoms with Gasteiger partial charge in [-0.05, 0) is 43.2 Å². The van der Waals surface area contributed by atoms with Gasteiger partial charge in [-0.2, -0.15) is 0 Å². The Labute approximate surface area is 152 Å². The van der Waals surface area contributed by atoms with Crippen LogP contribution in [0.25, 0.3) is 0 Å². The number of hydrogen-bond acceptors (Lipinski definition) is 4. The van der Waals surface area contributed by atoms with Crippen molar-refractivity contribution in [3.8, 4) is 11.5 Å². The molecule has 2 aromatic rings. The standard InChI is InChI=1S/C20H22N2O4/c1-13-6-7-14(11-17(13)25-2)20(24)21-15-8-9-16(18(12-15)26-3)22-10-4-5-19(22)23/h6-9,11-12H,4-5,10H2,1-3H3,(H,21,24). The van der Waals surface area contributed by atoms with Crippen LogP contribution in [0.5, 0.6) is 11.5 Å². The normalized spacial score (nSPS) is 13.7. The number of anilines is 2. The van der Waals surface area contributed by atoms with Crippen LogP contribution in [-0.2, 0) is 4.79 Å². The second-order valence-electron chi connectivity index (χ2n) is 6.17. The first-order valence-electron chi connectivity index (χ1n) is 8.48. The summed E-state index contributed by atoms with van der Waals surface area (Å²) in [6.07, 6.45) is 1.40. The van der Waals surface area contributed by atoms with Crippen molar-refractivity contribution in [2.24, 2.45) is 0 Å². The Hall–Kier alpha value is -3.02. The van der Waals surface area contributed by atoms with E-state index in [1.54, 1.807) is 49.5 Å². The number of hydrogen-bond donors (Lipinski definition) is 1. The molecule has 0 aromatic heterocycles. The Morgan fingerprint density at radius 3 is 2.50 bits per heavy atom. The average Bonchev–Trinajstić information content (AvgIpc) is 3.07. The Morgan fingerprint density at radius 1 is 1.08 bits per heavy atom. The molecule has 0 bridgehead atoms. The van der Waals surface area contributed by atoms with Crippen LogP contribution < -0.4 is 19.7 Å². The number of carbonyl (C=O) groups excluding carboxylic acids is 2. The molecule has 0 atom stereocenters. The summed E-state index contributed by atoms with van der Waals surface area (Å²) in [6, 6.07) is 10.6. The van der Waals surface area contributed by atoms with Crippen molar-refractivity contribution in [2.45, 2.75) is 19.8 Å². The third-order valence-corrected chi connectivity index (χ3v) is 4.47. The maximum absolute atomic E-state index is 12.5. The molecule has 1 fully saturated rings. The molecule has 1 aliphatic rings. The molecule has 1 heterocycles. The lowest BCUT2D eigenvalue weighted by Crippen LogP contribution is -2.24. The molecule has 0 spiro atoms. The van der Waals surface area contributed by atoms with Gasteiger partial charge >= 0.3 is 0 Å². The smallest absolute Gasteiger partial charge is 0.255 e. The summed E-state index contributed by atoms with van der Waals surface area (Å²) < 4.78 is 10.7. The lowest BCUT2D eigenvalue weighted by molar-refractivity contribution is -0.117. The zero-order chi connectivity index (χ0) is 18.7. The molecule has 0 radical (unpaired) electrons. The van der Waals surface area contributed by atoms with E-state index < -0.39 is 0 Å². The molecule has 1 N–H and O–H groups in total. The van der Waals surface area contributed by atoms with Gasteiger partial charge in [-0.15, -0.1) is 0 Å². The third-order valence-electron chi connectivity index (χ3n) is 4.47. The minimum absolute atomic E-state index is 0.0897. The van der Waals surface area contributed by atoms with Crippen molar-refractivity contribution >= 4 is 23.2 Å². The van der Waals surface area contributed by atoms with Gasteiger partial charge in [-0.25, -0.2) is 0 Å². The Bertz CT molecular complexity index is 848. The van der Waals surface area contributed by atoms with Crippen LogP contribution in [0.15, 0.2) is 36.4 Å². The Morgan fingerprint density at radius 2 is 1.85 bits per heavy atom. The summed E-state index contributed by atoms with van der Waals surface area (Å²) in [7, 11) is 3.13. The topological polar surface area (TPSA) is 67.9 Å². The number of carbonyl (C=O) groups is 2. The maximum Gasteiger partial charge on any atom is 0.255 e. The Balaban J connectivity index is 1.81. The molecule has 1 saturated heterocycles. The molecule has 6 heteroatoms. The molecule has 1 aliphatic heterocycles. The van der Waals surface area contributed by atoms with Gasteiger partial charge in [0.05, 0.1) is 19.9 Å². The van der Waals surface area contributed by atoms with E-state index in [0.29, 0.717) is 35.7 Å². The quantitative estimate of drug-likeness (QED) is 0.894. The molecule has 2 amide bonds. The maximum atomic E-state index is 12.5. The van der Waals surface area contributed by atoms with Crippen LogP contribution in [0, 0.1) is 6.92 Å². The lowest BCUT2D eigenvalue weighted by Gasteiger charge is -2.19. The highest BCUT2D eigenvalue weighted by atomic mass is 16.5. The van der Waals surface area contributed by atoms with Crippen molar-refractivity contribution < 1.29 is 19.1 Å².